The minimum atomic E-state index is 0.0365. The smallest absolute Gasteiger partial charge is 0.181 e. The number of anilines is 2. The molecule has 0 bridgehead atoms. The molecule has 4 heterocycles. The summed E-state index contributed by atoms with van der Waals surface area (Å²) in [6.07, 6.45) is 5.77. The van der Waals surface area contributed by atoms with Crippen molar-refractivity contribution in [2.45, 2.75) is 39.0 Å². The van der Waals surface area contributed by atoms with Gasteiger partial charge in [-0.2, -0.15) is 0 Å². The van der Waals surface area contributed by atoms with Crippen LogP contribution in [0.2, 0.25) is 0 Å². The normalized spacial score (nSPS) is 10.2. The molecule has 7 N–H and O–H groups in total. The molecule has 0 aliphatic rings. The molecular weight excluding hydrogens is 1030 g/mol. The number of nitrogens with two attached hydrogens (primary N) is 2. The van der Waals surface area contributed by atoms with E-state index < -0.39 is 0 Å². The van der Waals surface area contributed by atoms with Crippen LogP contribution in [-0.4, -0.2) is 74.8 Å². The van der Waals surface area contributed by atoms with E-state index in [4.69, 9.17) is 64.6 Å². The number of azide groups is 2. The molecule has 0 spiro atoms. The van der Waals surface area contributed by atoms with Crippen LogP contribution < -0.4 is 11.5 Å². The highest BCUT2D eigenvalue weighted by molar-refractivity contribution is 9.08. The monoisotopic (exact) mass is 1090 g/mol. The van der Waals surface area contributed by atoms with E-state index in [0.717, 1.165) is 83.1 Å². The van der Waals surface area contributed by atoms with Gasteiger partial charge in [0.15, 0.2) is 47.9 Å². The van der Waals surface area contributed by atoms with Crippen molar-refractivity contribution < 1.29 is 47.2 Å². The molecule has 0 aliphatic carbocycles. The largest absolute Gasteiger partial charge is 0.506 e. The number of phenols is 2. The summed E-state index contributed by atoms with van der Waals surface area (Å²) < 4.78 is 36.3. The molecule has 0 aliphatic heterocycles. The fourth-order valence-electron chi connectivity index (χ4n) is 6.51. The van der Waals surface area contributed by atoms with Crippen molar-refractivity contribution in [1.82, 2.24) is 19.9 Å². The highest BCUT2D eigenvalue weighted by Gasteiger charge is 2.07. The third kappa shape index (κ3) is 18.1. The average Bonchev–Trinajstić information content (AvgIpc) is 4.29. The van der Waals surface area contributed by atoms with Gasteiger partial charge in [0, 0.05) is 44.9 Å². The zero-order valence-electron chi connectivity index (χ0n) is 41.0. The van der Waals surface area contributed by atoms with Gasteiger partial charge in [-0.25, -0.2) is 19.9 Å². The number of nitrogen functional groups attached to an aromatic ring is 2. The number of alkyl halides is 1. The second-order valence-corrected chi connectivity index (χ2v) is 16.0. The zero-order valence-corrected chi connectivity index (χ0v) is 42.6. The van der Waals surface area contributed by atoms with Gasteiger partial charge in [0.05, 0.1) is 57.6 Å². The van der Waals surface area contributed by atoms with Gasteiger partial charge in [-0.3, -0.25) is 0 Å². The molecule has 0 fully saturated rings. The van der Waals surface area contributed by atoms with Gasteiger partial charge >= 0.3 is 0 Å². The first kappa shape index (κ1) is 57.2. The Labute approximate surface area is 437 Å². The fraction of sp³-hybridized carbons (Fsp3) is 0.231. The Bertz CT molecular complexity index is 3370. The van der Waals surface area contributed by atoms with Gasteiger partial charge in [-0.05, 0) is 78.0 Å². The van der Waals surface area contributed by atoms with Crippen molar-refractivity contribution >= 4 is 71.7 Å². The number of rotatable bonds is 15. The predicted octanol–water partition coefficient (Wildman–Crippen LogP) is 11.9. The SMILES string of the molecule is BrCc1cccc2ocnc12.Cc1cccc(O)c1N.Cc1cccc2ocnc12.OCCOCc1cccc2ocnc12.[N-]=[N+]=NCCOCc1cccc(O)c1N.[N-]=[N+]=NCCOCc1cccc2ocnc12. The van der Waals surface area contributed by atoms with Gasteiger partial charge < -0.3 is 58.7 Å². The molecule has 22 nitrogen and oxygen atoms in total. The third-order valence-electron chi connectivity index (χ3n) is 10.3. The van der Waals surface area contributed by atoms with Gasteiger partial charge in [-0.15, -0.1) is 0 Å². The quantitative estimate of drug-likeness (QED) is 0.0121. The van der Waals surface area contributed by atoms with E-state index >= 15 is 0 Å². The summed E-state index contributed by atoms with van der Waals surface area (Å²) in [5.74, 6) is 0.209. The molecule has 0 atom stereocenters. The lowest BCUT2D eigenvalue weighted by Gasteiger charge is -2.07. The molecule has 0 saturated carbocycles. The lowest BCUT2D eigenvalue weighted by atomic mass is 10.2. The summed E-state index contributed by atoms with van der Waals surface area (Å²) >= 11 is 3.38. The second kappa shape index (κ2) is 31.7. The molecule has 10 rings (SSSR count). The molecule has 10 aromatic rings. The number of aryl methyl sites for hydroxylation is 2. The maximum Gasteiger partial charge on any atom is 0.181 e. The topological polar surface area (TPSA) is 342 Å². The maximum atomic E-state index is 9.29. The number of nitrogens with zero attached hydrogens (tertiary/aromatic N) is 10. The molecule has 4 aromatic heterocycles. The van der Waals surface area contributed by atoms with Gasteiger partial charge in [-0.1, -0.05) is 99.0 Å². The first-order valence-electron chi connectivity index (χ1n) is 22.8. The van der Waals surface area contributed by atoms with Crippen LogP contribution >= 0.6 is 15.9 Å². The van der Waals surface area contributed by atoms with Crippen LogP contribution in [-0.2, 0) is 39.4 Å². The Kier molecular flexibility index (Phi) is 24.2. The molecular formula is C52H55BrN12O10. The molecule has 23 heteroatoms. The van der Waals surface area contributed by atoms with Gasteiger partial charge in [0.1, 0.15) is 33.6 Å². The summed E-state index contributed by atoms with van der Waals surface area (Å²) in [6, 6.07) is 33.3. The number of para-hydroxylation sites is 6. The Morgan fingerprint density at radius 1 is 0.507 bits per heavy atom. The number of phenolic OH excluding ortho intramolecular Hbond substituents is 2. The standard InChI is InChI=1S/C10H10N4O2.C10H11NO3.C9H12N4O2.C8H6BrNO.C8H7NO.C7H9NO/c11-14-13-4-5-15-6-8-2-1-3-9-10(8)12-7-16-9;12-4-5-13-6-8-2-1-3-9-10(8)11-7-14-9;10-9-7(2-1-3-8(9)14)6-15-5-4-12-13-11;9-4-6-2-1-3-7-8(6)10-5-11-7;1-6-3-2-4-7-8(6)9-5-10-7;1-5-3-2-4-6(9)7(5)8/h1-3,7H,4-6H2;1-3,7,12H,4-6H2;1-3,14H,4-6,10H2;1-3,5H,4H2;2-5H,1H3;2-4,9H,8H2,1H3. The minimum Gasteiger partial charge on any atom is -0.506 e. The number of aromatic hydroxyl groups is 2. The Hall–Kier alpha value is -8.66. The number of benzene rings is 6. The first-order chi connectivity index (χ1) is 36.6. The lowest BCUT2D eigenvalue weighted by Crippen LogP contribution is -2.01. The third-order valence-corrected chi connectivity index (χ3v) is 10.9. The van der Waals surface area contributed by atoms with Crippen LogP contribution in [0.1, 0.15) is 33.4 Å². The number of halogens is 1. The highest BCUT2D eigenvalue weighted by Crippen LogP contribution is 2.25. The van der Waals surface area contributed by atoms with Crippen LogP contribution in [0, 0.1) is 13.8 Å². The number of hydrogen-bond acceptors (Lipinski definition) is 18. The number of hydrogen-bond donors (Lipinski definition) is 5. The molecule has 0 unspecified atom stereocenters. The molecule has 390 valence electrons. The van der Waals surface area contributed by atoms with Gasteiger partial charge in [0.25, 0.3) is 0 Å². The van der Waals surface area contributed by atoms with Crippen LogP contribution in [0.15, 0.2) is 163 Å². The van der Waals surface area contributed by atoms with Crippen molar-refractivity contribution in [2.24, 2.45) is 10.2 Å². The maximum absolute atomic E-state index is 9.29. The molecule has 6 aromatic carbocycles. The number of fused-ring (bicyclic) bond motifs is 4. The van der Waals surface area contributed by atoms with Crippen LogP contribution in [0.5, 0.6) is 11.5 Å². The molecule has 0 saturated heterocycles. The van der Waals surface area contributed by atoms with E-state index in [9.17, 15) is 5.11 Å². The second-order valence-electron chi connectivity index (χ2n) is 15.4. The minimum absolute atomic E-state index is 0.0365. The molecule has 75 heavy (non-hydrogen) atoms. The Morgan fingerprint density at radius 2 is 0.880 bits per heavy atom. The average molecular weight is 1090 g/mol. The van der Waals surface area contributed by atoms with Crippen LogP contribution in [0.25, 0.3) is 65.3 Å². The highest BCUT2D eigenvalue weighted by atomic mass is 79.9. The van der Waals surface area contributed by atoms with E-state index in [1.54, 1.807) is 24.3 Å². The van der Waals surface area contributed by atoms with Crippen LogP contribution in [0.3, 0.4) is 0 Å². The lowest BCUT2D eigenvalue weighted by molar-refractivity contribution is 0.0821. The van der Waals surface area contributed by atoms with Crippen molar-refractivity contribution in [1.29, 1.82) is 0 Å². The van der Waals surface area contributed by atoms with E-state index in [2.05, 4.69) is 55.9 Å². The summed E-state index contributed by atoms with van der Waals surface area (Å²) in [4.78, 5) is 21.6. The summed E-state index contributed by atoms with van der Waals surface area (Å²) in [7, 11) is 0. The zero-order chi connectivity index (χ0) is 53.6. The van der Waals surface area contributed by atoms with E-state index in [-0.39, 0.29) is 24.7 Å². The number of aliphatic hydroxyl groups is 1. The fourth-order valence-corrected chi connectivity index (χ4v) is 6.96. The Balaban J connectivity index is 0.000000168. The molecule has 0 amide bonds. The van der Waals surface area contributed by atoms with E-state index in [1.165, 1.54) is 31.6 Å². The van der Waals surface area contributed by atoms with E-state index in [0.29, 0.717) is 57.6 Å². The number of aromatic nitrogens is 4. The van der Waals surface area contributed by atoms with E-state index in [1.807, 2.05) is 92.7 Å². The number of ether oxygens (including phenoxy) is 3. The predicted molar refractivity (Wildman–Crippen MR) is 287 cm³/mol. The van der Waals surface area contributed by atoms with Gasteiger partial charge in [0.2, 0.25) is 0 Å². The summed E-state index contributed by atoms with van der Waals surface area (Å²) in [6.45, 7) is 6.79. The first-order valence-corrected chi connectivity index (χ1v) is 24.0. The summed E-state index contributed by atoms with van der Waals surface area (Å²) in [5.41, 5.74) is 40.6. The summed E-state index contributed by atoms with van der Waals surface area (Å²) in [5, 5.41) is 34.3. The number of aliphatic hydroxyl groups excluding tert-OH is 1. The van der Waals surface area contributed by atoms with Crippen molar-refractivity contribution in [3.63, 3.8) is 0 Å². The number of oxazole rings is 4. The van der Waals surface area contributed by atoms with Crippen LogP contribution in [0.4, 0.5) is 11.4 Å². The van der Waals surface area contributed by atoms with Crippen molar-refractivity contribution in [3.8, 4) is 11.5 Å². The van der Waals surface area contributed by atoms with Crippen molar-refractivity contribution in [3.05, 3.63) is 189 Å². The molecule has 0 radical (unpaired) electrons. The Morgan fingerprint density at radius 3 is 1.33 bits per heavy atom. The van der Waals surface area contributed by atoms with Crippen molar-refractivity contribution in [2.75, 3.05) is 51.0 Å².